The molecule has 0 aliphatic heterocycles. The number of hydrogen-bond donors (Lipinski definition) is 1. The van der Waals surface area contributed by atoms with Gasteiger partial charge in [-0.2, -0.15) is 18.3 Å². The van der Waals surface area contributed by atoms with Gasteiger partial charge in [-0.1, -0.05) is 0 Å². The van der Waals surface area contributed by atoms with Gasteiger partial charge in [0.1, 0.15) is 5.75 Å². The van der Waals surface area contributed by atoms with Crippen molar-refractivity contribution in [3.63, 3.8) is 0 Å². The van der Waals surface area contributed by atoms with E-state index in [2.05, 4.69) is 5.10 Å². The first kappa shape index (κ1) is 15.9. The van der Waals surface area contributed by atoms with Crippen molar-refractivity contribution < 1.29 is 17.9 Å². The van der Waals surface area contributed by atoms with Gasteiger partial charge in [0.05, 0.1) is 18.5 Å². The number of rotatable bonds is 3. The van der Waals surface area contributed by atoms with E-state index in [4.69, 9.17) is 10.5 Å². The van der Waals surface area contributed by atoms with Crippen LogP contribution in [0.1, 0.15) is 5.69 Å². The number of nitrogens with zero attached hydrogens (tertiary/aromatic N) is 2. The maximum Gasteiger partial charge on any atom is 0.435 e. The molecule has 124 valence electrons. The van der Waals surface area contributed by atoms with Crippen LogP contribution in [0, 0.1) is 0 Å². The quantitative estimate of drug-likeness (QED) is 0.733. The van der Waals surface area contributed by atoms with Crippen molar-refractivity contribution >= 4 is 5.69 Å². The SMILES string of the molecule is COc1ccc(-c2cc(C(F)(F)F)nn2-c2ccc(N)cc2)cc1. The van der Waals surface area contributed by atoms with Crippen molar-refractivity contribution in [2.24, 2.45) is 0 Å². The second-order valence-corrected chi connectivity index (χ2v) is 5.14. The summed E-state index contributed by atoms with van der Waals surface area (Å²) in [6, 6.07) is 14.2. The molecule has 1 heterocycles. The van der Waals surface area contributed by atoms with E-state index in [1.165, 1.54) is 11.8 Å². The second-order valence-electron chi connectivity index (χ2n) is 5.14. The summed E-state index contributed by atoms with van der Waals surface area (Å²) in [4.78, 5) is 0. The summed E-state index contributed by atoms with van der Waals surface area (Å²) < 4.78 is 45.6. The van der Waals surface area contributed by atoms with Gasteiger partial charge in [-0.3, -0.25) is 0 Å². The van der Waals surface area contributed by atoms with Crippen LogP contribution in [0.15, 0.2) is 54.6 Å². The van der Waals surface area contributed by atoms with Crippen LogP contribution in [0.2, 0.25) is 0 Å². The minimum absolute atomic E-state index is 0.328. The monoisotopic (exact) mass is 333 g/mol. The first-order chi connectivity index (χ1) is 11.4. The molecule has 0 aliphatic carbocycles. The highest BCUT2D eigenvalue weighted by atomic mass is 19.4. The third-order valence-electron chi connectivity index (χ3n) is 3.52. The molecule has 0 atom stereocenters. The van der Waals surface area contributed by atoms with E-state index < -0.39 is 11.9 Å². The Morgan fingerprint density at radius 1 is 1.00 bits per heavy atom. The molecule has 4 nitrogen and oxygen atoms in total. The summed E-state index contributed by atoms with van der Waals surface area (Å²) in [5.41, 5.74) is 6.62. The van der Waals surface area contributed by atoms with Gasteiger partial charge in [0.2, 0.25) is 0 Å². The molecule has 0 unspecified atom stereocenters. The molecule has 3 rings (SSSR count). The summed E-state index contributed by atoms with van der Waals surface area (Å²) in [6.45, 7) is 0. The highest BCUT2D eigenvalue weighted by molar-refractivity contribution is 5.64. The Kier molecular flexibility index (Phi) is 3.92. The summed E-state index contributed by atoms with van der Waals surface area (Å²) in [5, 5.41) is 3.72. The van der Waals surface area contributed by atoms with Crippen LogP contribution in [0.4, 0.5) is 18.9 Å². The molecule has 24 heavy (non-hydrogen) atoms. The molecule has 3 aromatic rings. The lowest BCUT2D eigenvalue weighted by Gasteiger charge is -2.08. The molecule has 1 aromatic heterocycles. The number of anilines is 1. The van der Waals surface area contributed by atoms with Crippen molar-refractivity contribution in [3.05, 3.63) is 60.3 Å². The fourth-order valence-electron chi connectivity index (χ4n) is 2.30. The first-order valence-electron chi connectivity index (χ1n) is 7.06. The zero-order chi connectivity index (χ0) is 17.3. The van der Waals surface area contributed by atoms with Crippen molar-refractivity contribution in [3.8, 4) is 22.7 Å². The molecule has 0 aliphatic rings. The van der Waals surface area contributed by atoms with Crippen molar-refractivity contribution in [1.82, 2.24) is 9.78 Å². The van der Waals surface area contributed by atoms with Gasteiger partial charge in [0.15, 0.2) is 5.69 Å². The lowest BCUT2D eigenvalue weighted by atomic mass is 10.1. The maximum absolute atomic E-state index is 13.1. The van der Waals surface area contributed by atoms with Gasteiger partial charge in [-0.05, 0) is 54.6 Å². The maximum atomic E-state index is 13.1. The normalized spacial score (nSPS) is 11.5. The summed E-state index contributed by atoms with van der Waals surface area (Å²) in [5.74, 6) is 0.619. The number of methoxy groups -OCH3 is 1. The summed E-state index contributed by atoms with van der Waals surface area (Å²) in [6.07, 6.45) is -4.53. The Hall–Kier alpha value is -2.96. The Bertz CT molecular complexity index is 837. The second kappa shape index (κ2) is 5.92. The number of alkyl halides is 3. The molecule has 0 radical (unpaired) electrons. The molecule has 0 bridgehead atoms. The molecule has 7 heteroatoms. The summed E-state index contributed by atoms with van der Waals surface area (Å²) >= 11 is 0. The number of hydrogen-bond acceptors (Lipinski definition) is 3. The van der Waals surface area contributed by atoms with Crippen LogP contribution >= 0.6 is 0 Å². The fourth-order valence-corrected chi connectivity index (χ4v) is 2.30. The van der Waals surface area contributed by atoms with Gasteiger partial charge in [-0.15, -0.1) is 0 Å². The fraction of sp³-hybridized carbons (Fsp3) is 0.118. The number of nitrogens with two attached hydrogens (primary N) is 1. The van der Waals surface area contributed by atoms with Crippen LogP contribution in [0.25, 0.3) is 16.9 Å². The summed E-state index contributed by atoms with van der Waals surface area (Å²) in [7, 11) is 1.52. The Labute approximate surface area is 136 Å². The van der Waals surface area contributed by atoms with E-state index in [0.717, 1.165) is 6.07 Å². The number of aromatic nitrogens is 2. The van der Waals surface area contributed by atoms with Crippen LogP contribution < -0.4 is 10.5 Å². The van der Waals surface area contributed by atoms with Gasteiger partial charge in [-0.25, -0.2) is 4.68 Å². The number of nitrogen functional groups attached to an aromatic ring is 1. The van der Waals surface area contributed by atoms with E-state index in [0.29, 0.717) is 28.4 Å². The molecule has 0 fully saturated rings. The number of benzene rings is 2. The Morgan fingerprint density at radius 2 is 1.62 bits per heavy atom. The average Bonchev–Trinajstić information content (AvgIpc) is 3.01. The Balaban J connectivity index is 2.15. The zero-order valence-electron chi connectivity index (χ0n) is 12.7. The predicted octanol–water partition coefficient (Wildman–Crippen LogP) is 4.15. The van der Waals surface area contributed by atoms with E-state index in [9.17, 15) is 13.2 Å². The molecular formula is C17H14F3N3O. The highest BCUT2D eigenvalue weighted by Gasteiger charge is 2.35. The molecular weight excluding hydrogens is 319 g/mol. The lowest BCUT2D eigenvalue weighted by Crippen LogP contribution is -2.07. The number of halogens is 3. The van der Waals surface area contributed by atoms with Crippen LogP contribution in [0.5, 0.6) is 5.75 Å². The Morgan fingerprint density at radius 3 is 2.17 bits per heavy atom. The third-order valence-corrected chi connectivity index (χ3v) is 3.52. The van der Waals surface area contributed by atoms with Crippen LogP contribution in [-0.2, 0) is 6.18 Å². The van der Waals surface area contributed by atoms with Crippen molar-refractivity contribution in [2.75, 3.05) is 12.8 Å². The van der Waals surface area contributed by atoms with Gasteiger partial charge >= 0.3 is 6.18 Å². The van der Waals surface area contributed by atoms with Gasteiger partial charge in [0.25, 0.3) is 0 Å². The van der Waals surface area contributed by atoms with E-state index >= 15 is 0 Å². The van der Waals surface area contributed by atoms with Crippen molar-refractivity contribution in [1.29, 1.82) is 0 Å². The molecule has 0 spiro atoms. The molecule has 2 aromatic carbocycles. The molecule has 0 amide bonds. The topological polar surface area (TPSA) is 53.1 Å². The highest BCUT2D eigenvalue weighted by Crippen LogP contribution is 2.33. The van der Waals surface area contributed by atoms with E-state index in [1.54, 1.807) is 48.5 Å². The number of ether oxygens (including phenoxy) is 1. The van der Waals surface area contributed by atoms with Crippen LogP contribution in [-0.4, -0.2) is 16.9 Å². The predicted molar refractivity (Wildman–Crippen MR) is 85.0 cm³/mol. The molecule has 0 saturated heterocycles. The zero-order valence-corrected chi connectivity index (χ0v) is 12.7. The standard InChI is InChI=1S/C17H14F3N3O/c1-24-14-8-2-11(3-9-14)15-10-16(17(18,19)20)22-23(15)13-6-4-12(21)5-7-13/h2-10H,21H2,1H3. The lowest BCUT2D eigenvalue weighted by molar-refractivity contribution is -0.141. The van der Waals surface area contributed by atoms with E-state index in [-0.39, 0.29) is 0 Å². The first-order valence-corrected chi connectivity index (χ1v) is 7.06. The minimum atomic E-state index is -4.53. The average molecular weight is 333 g/mol. The van der Waals surface area contributed by atoms with Crippen molar-refractivity contribution in [2.45, 2.75) is 6.18 Å². The van der Waals surface area contributed by atoms with E-state index in [1.807, 2.05) is 0 Å². The van der Waals surface area contributed by atoms with Crippen LogP contribution in [0.3, 0.4) is 0 Å². The van der Waals surface area contributed by atoms with Gasteiger partial charge < -0.3 is 10.5 Å². The third kappa shape index (κ3) is 3.05. The smallest absolute Gasteiger partial charge is 0.435 e. The minimum Gasteiger partial charge on any atom is -0.497 e. The van der Waals surface area contributed by atoms with Gasteiger partial charge in [0, 0.05) is 11.3 Å². The largest absolute Gasteiger partial charge is 0.497 e. The molecule has 2 N–H and O–H groups in total. The molecule has 0 saturated carbocycles.